The van der Waals surface area contributed by atoms with Crippen molar-refractivity contribution in [3.63, 3.8) is 0 Å². The normalized spacial score (nSPS) is 10.7. The molecule has 0 fully saturated rings. The monoisotopic (exact) mass is 395 g/mol. The Kier molecular flexibility index (Phi) is 3.93. The maximum absolute atomic E-state index is 12.3. The summed E-state index contributed by atoms with van der Waals surface area (Å²) >= 11 is 13.7. The van der Waals surface area contributed by atoms with Crippen LogP contribution in [0.2, 0.25) is 10.3 Å². The quantitative estimate of drug-likeness (QED) is 0.548. The third-order valence-electron chi connectivity index (χ3n) is 2.41. The highest BCUT2D eigenvalue weighted by Crippen LogP contribution is 2.19. The van der Waals surface area contributed by atoms with Crippen LogP contribution in [0.4, 0.5) is 0 Å². The van der Waals surface area contributed by atoms with E-state index in [0.29, 0.717) is 5.56 Å². The van der Waals surface area contributed by atoms with Crippen LogP contribution in [-0.4, -0.2) is 20.7 Å². The molecule has 0 radical (unpaired) electrons. The molecule has 0 bridgehead atoms. The highest BCUT2D eigenvalue weighted by molar-refractivity contribution is 14.1. The zero-order valence-corrected chi connectivity index (χ0v) is 13.2. The van der Waals surface area contributed by atoms with Crippen LogP contribution >= 0.6 is 45.8 Å². The highest BCUT2D eigenvalue weighted by Gasteiger charge is 2.17. The minimum absolute atomic E-state index is 0.182. The number of nitrogens with zero attached hydrogens (tertiary/aromatic N) is 3. The zero-order valence-electron chi connectivity index (χ0n) is 9.54. The van der Waals surface area contributed by atoms with E-state index in [2.05, 4.69) is 32.7 Å². The van der Waals surface area contributed by atoms with E-state index in [-0.39, 0.29) is 16.2 Å². The van der Waals surface area contributed by atoms with E-state index in [1.54, 1.807) is 0 Å². The van der Waals surface area contributed by atoms with E-state index in [1.165, 1.54) is 16.8 Å². The largest absolute Gasteiger partial charge is 0.278 e. The second-order valence-corrected chi connectivity index (χ2v) is 5.56. The average Bonchev–Trinajstić information content (AvgIpc) is 2.55. The molecule has 0 aliphatic rings. The van der Waals surface area contributed by atoms with Gasteiger partial charge in [-0.15, -0.1) is 0 Å². The summed E-state index contributed by atoms with van der Waals surface area (Å²) < 4.78 is 2.31. The van der Waals surface area contributed by atoms with Gasteiger partial charge in [0.05, 0.1) is 15.0 Å². The molecule has 0 atom stereocenters. The van der Waals surface area contributed by atoms with Crippen LogP contribution in [0.25, 0.3) is 0 Å². The molecule has 0 aliphatic heterocycles. The first-order valence-corrected chi connectivity index (χ1v) is 6.83. The van der Waals surface area contributed by atoms with Crippen molar-refractivity contribution in [1.29, 1.82) is 0 Å². The number of pyridine rings is 1. The predicted molar refractivity (Wildman–Crippen MR) is 78.4 cm³/mol. The fraction of sp³-hybridized carbons (Fsp3) is 0.182. The van der Waals surface area contributed by atoms with Crippen molar-refractivity contribution in [3.8, 4) is 0 Å². The summed E-state index contributed by atoms with van der Waals surface area (Å²) in [6.07, 6.45) is 0. The Morgan fingerprint density at radius 2 is 1.83 bits per heavy atom. The lowest BCUT2D eigenvalue weighted by molar-refractivity contribution is 0.0942. The first-order chi connectivity index (χ1) is 8.40. The lowest BCUT2D eigenvalue weighted by Crippen LogP contribution is -2.15. The maximum atomic E-state index is 12.3. The molecule has 2 aromatic heterocycles. The number of aromatic nitrogens is 3. The van der Waals surface area contributed by atoms with Crippen LogP contribution in [0, 0.1) is 17.4 Å². The van der Waals surface area contributed by atoms with Crippen molar-refractivity contribution in [2.24, 2.45) is 0 Å². The molecule has 0 aromatic carbocycles. The van der Waals surface area contributed by atoms with Crippen LogP contribution in [-0.2, 0) is 0 Å². The number of halogens is 3. The summed E-state index contributed by atoms with van der Waals surface area (Å²) in [6.45, 7) is 3.69. The first-order valence-electron chi connectivity index (χ1n) is 4.99. The summed E-state index contributed by atoms with van der Waals surface area (Å²) in [7, 11) is 0. The SMILES string of the molecule is Cc1nn(C(=O)c2cc(Cl)nc(Cl)c2)c(C)c1I. The smallest absolute Gasteiger partial charge is 0.267 e. The number of hydrogen-bond acceptors (Lipinski definition) is 3. The van der Waals surface area contributed by atoms with Crippen molar-refractivity contribution in [1.82, 2.24) is 14.8 Å². The number of carbonyl (C=O) groups is 1. The molecule has 0 amide bonds. The molecule has 0 spiro atoms. The lowest BCUT2D eigenvalue weighted by Gasteiger charge is -2.04. The molecule has 94 valence electrons. The molecule has 0 saturated carbocycles. The second kappa shape index (κ2) is 5.14. The summed E-state index contributed by atoms with van der Waals surface area (Å²) in [5, 5.41) is 4.56. The number of carbonyl (C=O) groups excluding carboxylic acids is 1. The molecule has 0 aliphatic carbocycles. The summed E-state index contributed by atoms with van der Waals surface area (Å²) in [5.74, 6) is -0.273. The minimum Gasteiger partial charge on any atom is -0.267 e. The Balaban J connectivity index is 2.51. The van der Waals surface area contributed by atoms with E-state index in [0.717, 1.165) is 15.0 Å². The Hall–Kier alpha value is -0.660. The van der Waals surface area contributed by atoms with Gasteiger partial charge in [0.2, 0.25) is 0 Å². The molecule has 0 N–H and O–H groups in total. The van der Waals surface area contributed by atoms with Gasteiger partial charge in [0.25, 0.3) is 5.91 Å². The second-order valence-electron chi connectivity index (χ2n) is 3.70. The number of rotatable bonds is 1. The van der Waals surface area contributed by atoms with Crippen LogP contribution in [0.5, 0.6) is 0 Å². The molecule has 7 heteroatoms. The Morgan fingerprint density at radius 3 is 2.28 bits per heavy atom. The third kappa shape index (κ3) is 2.53. The molecular formula is C11H8Cl2IN3O. The molecule has 2 heterocycles. The summed E-state index contributed by atoms with van der Waals surface area (Å²) in [4.78, 5) is 16.1. The Bertz CT molecular complexity index is 619. The maximum Gasteiger partial charge on any atom is 0.278 e. The van der Waals surface area contributed by atoms with Crippen LogP contribution in [0.15, 0.2) is 12.1 Å². The van der Waals surface area contributed by atoms with Gasteiger partial charge in [-0.2, -0.15) is 9.78 Å². The fourth-order valence-corrected chi connectivity index (χ4v) is 2.33. The molecule has 0 saturated heterocycles. The first kappa shape index (κ1) is 13.8. The highest BCUT2D eigenvalue weighted by atomic mass is 127. The van der Waals surface area contributed by atoms with Crippen LogP contribution in [0.1, 0.15) is 21.7 Å². The average molecular weight is 396 g/mol. The van der Waals surface area contributed by atoms with Crippen LogP contribution < -0.4 is 0 Å². The molecule has 2 rings (SSSR count). The van der Waals surface area contributed by atoms with E-state index in [1.807, 2.05) is 13.8 Å². The van der Waals surface area contributed by atoms with Gasteiger partial charge in [-0.3, -0.25) is 4.79 Å². The molecule has 18 heavy (non-hydrogen) atoms. The molecular weight excluding hydrogens is 388 g/mol. The Labute approximate surface area is 127 Å². The topological polar surface area (TPSA) is 47.8 Å². The van der Waals surface area contributed by atoms with Crippen LogP contribution in [0.3, 0.4) is 0 Å². The zero-order chi connectivity index (χ0) is 13.4. The van der Waals surface area contributed by atoms with Gasteiger partial charge < -0.3 is 0 Å². The van der Waals surface area contributed by atoms with E-state index in [9.17, 15) is 4.79 Å². The molecule has 2 aromatic rings. The van der Waals surface area contributed by atoms with Crippen molar-refractivity contribution >= 4 is 51.7 Å². The van der Waals surface area contributed by atoms with Crippen molar-refractivity contribution < 1.29 is 4.79 Å². The van der Waals surface area contributed by atoms with Gasteiger partial charge >= 0.3 is 0 Å². The van der Waals surface area contributed by atoms with Crippen molar-refractivity contribution in [2.75, 3.05) is 0 Å². The molecule has 4 nitrogen and oxygen atoms in total. The van der Waals surface area contributed by atoms with E-state index in [4.69, 9.17) is 23.2 Å². The van der Waals surface area contributed by atoms with Gasteiger partial charge in [-0.25, -0.2) is 4.98 Å². The third-order valence-corrected chi connectivity index (χ3v) is 4.35. The van der Waals surface area contributed by atoms with E-state index >= 15 is 0 Å². The molecule has 0 unspecified atom stereocenters. The summed E-state index contributed by atoms with van der Waals surface area (Å²) in [6, 6.07) is 2.94. The van der Waals surface area contributed by atoms with Gasteiger partial charge in [0, 0.05) is 5.56 Å². The van der Waals surface area contributed by atoms with E-state index < -0.39 is 0 Å². The number of aryl methyl sites for hydroxylation is 1. The fourth-order valence-electron chi connectivity index (χ4n) is 1.53. The predicted octanol–water partition coefficient (Wildman–Crippen LogP) is 3.49. The van der Waals surface area contributed by atoms with Gasteiger partial charge in [0.15, 0.2) is 0 Å². The van der Waals surface area contributed by atoms with Crippen molar-refractivity contribution in [3.05, 3.63) is 43.0 Å². The van der Waals surface area contributed by atoms with Gasteiger partial charge in [0.1, 0.15) is 10.3 Å². The van der Waals surface area contributed by atoms with Gasteiger partial charge in [-0.05, 0) is 48.6 Å². The summed E-state index contributed by atoms with van der Waals surface area (Å²) in [5.41, 5.74) is 1.97. The van der Waals surface area contributed by atoms with Crippen molar-refractivity contribution in [2.45, 2.75) is 13.8 Å². The van der Waals surface area contributed by atoms with Gasteiger partial charge in [-0.1, -0.05) is 23.2 Å². The lowest BCUT2D eigenvalue weighted by atomic mass is 10.2. The number of hydrogen-bond donors (Lipinski definition) is 0. The Morgan fingerprint density at radius 1 is 1.28 bits per heavy atom. The minimum atomic E-state index is -0.273. The standard InChI is InChI=1S/C11H8Cl2IN3O/c1-5-10(14)6(2)17(16-5)11(18)7-3-8(12)15-9(13)4-7/h3-4H,1-2H3.